The summed E-state index contributed by atoms with van der Waals surface area (Å²) in [6, 6.07) is 10.2. The van der Waals surface area contributed by atoms with Crippen LogP contribution in [-0.4, -0.2) is 35.8 Å². The lowest BCUT2D eigenvalue weighted by Crippen LogP contribution is -2.53. The van der Waals surface area contributed by atoms with E-state index in [0.717, 1.165) is 14.7 Å². The van der Waals surface area contributed by atoms with Gasteiger partial charge in [-0.05, 0) is 25.0 Å². The van der Waals surface area contributed by atoms with Crippen LogP contribution in [-0.2, 0) is 0 Å². The van der Waals surface area contributed by atoms with Crippen molar-refractivity contribution in [3.63, 3.8) is 0 Å². The van der Waals surface area contributed by atoms with E-state index < -0.39 is 0 Å². The number of benzene rings is 1. The first-order valence-corrected chi connectivity index (χ1v) is 11.2. The van der Waals surface area contributed by atoms with Crippen LogP contribution in [0.25, 0.3) is 0 Å². The van der Waals surface area contributed by atoms with Gasteiger partial charge in [0.05, 0.1) is 25.1 Å². The average Bonchev–Trinajstić information content (AvgIpc) is 2.59. The molecule has 0 radical (unpaired) electrons. The molecular formula is C21H37INO+. The van der Waals surface area contributed by atoms with Crippen molar-refractivity contribution in [3.05, 3.63) is 30.3 Å². The van der Waals surface area contributed by atoms with E-state index in [4.69, 9.17) is 4.74 Å². The van der Waals surface area contributed by atoms with Gasteiger partial charge in [0.2, 0.25) is 6.23 Å². The van der Waals surface area contributed by atoms with E-state index in [1.165, 1.54) is 64.3 Å². The van der Waals surface area contributed by atoms with Gasteiger partial charge in [-0.1, -0.05) is 92.7 Å². The molecule has 1 unspecified atom stereocenters. The Hall–Kier alpha value is -0.290. The Morgan fingerprint density at radius 3 is 1.96 bits per heavy atom. The molecule has 0 aromatic heterocycles. The number of alkyl halides is 1. The molecule has 0 aliphatic rings. The highest BCUT2D eigenvalue weighted by atomic mass is 127. The van der Waals surface area contributed by atoms with E-state index >= 15 is 0 Å². The number of para-hydroxylation sites is 1. The Bertz CT molecular complexity index is 408. The third-order valence-corrected chi connectivity index (χ3v) is 5.52. The Balaban J connectivity index is 2.21. The molecule has 0 heterocycles. The highest BCUT2D eigenvalue weighted by molar-refractivity contribution is 14.1. The average molecular weight is 446 g/mol. The summed E-state index contributed by atoms with van der Waals surface area (Å²) in [7, 11) is 4.61. The molecule has 138 valence electrons. The maximum atomic E-state index is 6.23. The molecule has 1 aromatic rings. The Kier molecular flexibility index (Phi) is 11.8. The van der Waals surface area contributed by atoms with Crippen molar-refractivity contribution in [2.45, 2.75) is 70.9 Å². The van der Waals surface area contributed by atoms with Crippen molar-refractivity contribution >= 4 is 22.6 Å². The van der Waals surface area contributed by atoms with Crippen molar-refractivity contribution in [2.75, 3.05) is 25.1 Å². The first-order chi connectivity index (χ1) is 11.6. The zero-order valence-corrected chi connectivity index (χ0v) is 18.1. The number of halogens is 1. The van der Waals surface area contributed by atoms with Crippen molar-refractivity contribution in [2.24, 2.45) is 0 Å². The van der Waals surface area contributed by atoms with Crippen LogP contribution >= 0.6 is 22.6 Å². The number of hydrogen-bond acceptors (Lipinski definition) is 1. The van der Waals surface area contributed by atoms with Crippen LogP contribution in [0.15, 0.2) is 30.3 Å². The smallest absolute Gasteiger partial charge is 0.242 e. The summed E-state index contributed by atoms with van der Waals surface area (Å²) in [4.78, 5) is 0. The summed E-state index contributed by atoms with van der Waals surface area (Å²) in [5.74, 6) is 0.984. The van der Waals surface area contributed by atoms with Gasteiger partial charge in [-0.3, -0.25) is 4.48 Å². The molecule has 0 N–H and O–H groups in total. The number of quaternary nitrogens is 1. The normalized spacial score (nSPS) is 13.0. The molecule has 1 rings (SSSR count). The van der Waals surface area contributed by atoms with E-state index in [1.54, 1.807) is 0 Å². The van der Waals surface area contributed by atoms with E-state index in [1.807, 2.05) is 18.2 Å². The topological polar surface area (TPSA) is 9.23 Å². The first kappa shape index (κ1) is 21.8. The zero-order chi connectivity index (χ0) is 17.7. The van der Waals surface area contributed by atoms with Gasteiger partial charge in [0, 0.05) is 0 Å². The highest BCUT2D eigenvalue weighted by Crippen LogP contribution is 2.19. The minimum absolute atomic E-state index is 0.224. The molecule has 0 amide bonds. The standard InChI is InChI=1S/C21H37INO/c1-4-5-6-7-8-9-10-11-15-18-23(2,3)21(19-22)24-20-16-13-12-14-17-20/h12-14,16-17,21H,4-11,15,18-19H2,1-3H3/q+1. The monoisotopic (exact) mass is 446 g/mol. The lowest BCUT2D eigenvalue weighted by atomic mass is 10.1. The molecule has 0 aliphatic heterocycles. The predicted molar refractivity (Wildman–Crippen MR) is 114 cm³/mol. The van der Waals surface area contributed by atoms with E-state index in [-0.39, 0.29) is 6.23 Å². The molecule has 3 heteroatoms. The number of unbranched alkanes of at least 4 members (excludes halogenated alkanes) is 8. The minimum Gasteiger partial charge on any atom is -0.442 e. The fourth-order valence-electron chi connectivity index (χ4n) is 2.99. The van der Waals surface area contributed by atoms with Gasteiger partial charge < -0.3 is 4.74 Å². The highest BCUT2D eigenvalue weighted by Gasteiger charge is 2.28. The van der Waals surface area contributed by atoms with E-state index in [2.05, 4.69) is 55.7 Å². The zero-order valence-electron chi connectivity index (χ0n) is 16.0. The lowest BCUT2D eigenvalue weighted by Gasteiger charge is -2.36. The van der Waals surface area contributed by atoms with Crippen molar-refractivity contribution < 1.29 is 9.22 Å². The minimum atomic E-state index is 0.224. The van der Waals surface area contributed by atoms with E-state index in [9.17, 15) is 0 Å². The number of nitrogens with zero attached hydrogens (tertiary/aromatic N) is 1. The van der Waals surface area contributed by atoms with Gasteiger partial charge in [0.15, 0.2) is 0 Å². The third kappa shape index (κ3) is 9.26. The molecular weight excluding hydrogens is 409 g/mol. The molecule has 24 heavy (non-hydrogen) atoms. The molecule has 0 aliphatic carbocycles. The molecule has 1 atom stereocenters. The lowest BCUT2D eigenvalue weighted by molar-refractivity contribution is -0.929. The summed E-state index contributed by atoms with van der Waals surface area (Å²) in [5.41, 5.74) is 0. The van der Waals surface area contributed by atoms with Crippen molar-refractivity contribution in [1.29, 1.82) is 0 Å². The van der Waals surface area contributed by atoms with Crippen LogP contribution < -0.4 is 4.74 Å². The molecule has 1 aromatic carbocycles. The number of hydrogen-bond donors (Lipinski definition) is 0. The number of rotatable bonds is 14. The SMILES string of the molecule is CCCCCCCCCCC[N+](C)(C)C(CI)Oc1ccccc1. The molecule has 0 saturated heterocycles. The summed E-state index contributed by atoms with van der Waals surface area (Å²) in [6.45, 7) is 3.47. The number of ether oxygens (including phenoxy) is 1. The van der Waals surface area contributed by atoms with Crippen LogP contribution in [0.3, 0.4) is 0 Å². The van der Waals surface area contributed by atoms with Crippen LogP contribution in [0, 0.1) is 0 Å². The second-order valence-corrected chi connectivity index (χ2v) is 8.25. The van der Waals surface area contributed by atoms with Crippen LogP contribution in [0.4, 0.5) is 0 Å². The third-order valence-electron chi connectivity index (χ3n) is 4.76. The summed E-state index contributed by atoms with van der Waals surface area (Å²) < 4.78 is 8.18. The van der Waals surface area contributed by atoms with Crippen molar-refractivity contribution in [3.8, 4) is 5.75 Å². The predicted octanol–water partition coefficient (Wildman–Crippen LogP) is 6.43. The molecule has 0 saturated carbocycles. The Morgan fingerprint density at radius 2 is 1.42 bits per heavy atom. The van der Waals surface area contributed by atoms with Gasteiger partial charge >= 0.3 is 0 Å². The fraction of sp³-hybridized carbons (Fsp3) is 0.714. The van der Waals surface area contributed by atoms with Gasteiger partial charge in [0.25, 0.3) is 0 Å². The van der Waals surface area contributed by atoms with Gasteiger partial charge in [-0.15, -0.1) is 0 Å². The Morgan fingerprint density at radius 1 is 0.875 bits per heavy atom. The van der Waals surface area contributed by atoms with Crippen LogP contribution in [0.5, 0.6) is 5.75 Å². The van der Waals surface area contributed by atoms with Gasteiger partial charge in [-0.25, -0.2) is 0 Å². The quantitative estimate of drug-likeness (QED) is 0.105. The van der Waals surface area contributed by atoms with Crippen LogP contribution in [0.2, 0.25) is 0 Å². The first-order valence-electron chi connectivity index (χ1n) is 9.70. The molecule has 0 spiro atoms. The van der Waals surface area contributed by atoms with Gasteiger partial charge in [0.1, 0.15) is 5.75 Å². The molecule has 0 fully saturated rings. The van der Waals surface area contributed by atoms with E-state index in [0.29, 0.717) is 0 Å². The maximum Gasteiger partial charge on any atom is 0.242 e. The largest absolute Gasteiger partial charge is 0.442 e. The fourth-order valence-corrected chi connectivity index (χ4v) is 4.24. The maximum absolute atomic E-state index is 6.23. The Labute approximate surface area is 163 Å². The van der Waals surface area contributed by atoms with Crippen LogP contribution in [0.1, 0.15) is 64.7 Å². The summed E-state index contributed by atoms with van der Waals surface area (Å²) in [5, 5.41) is 0. The molecule has 0 bridgehead atoms. The van der Waals surface area contributed by atoms with Crippen molar-refractivity contribution in [1.82, 2.24) is 0 Å². The molecule has 2 nitrogen and oxygen atoms in total. The second-order valence-electron chi connectivity index (χ2n) is 7.37. The van der Waals surface area contributed by atoms with Gasteiger partial charge in [-0.2, -0.15) is 0 Å². The summed E-state index contributed by atoms with van der Waals surface area (Å²) >= 11 is 2.45. The summed E-state index contributed by atoms with van der Waals surface area (Å²) in [6.07, 6.45) is 12.7. The second kappa shape index (κ2) is 13.0.